The van der Waals surface area contributed by atoms with Gasteiger partial charge in [0.05, 0.1) is 11.1 Å². The topological polar surface area (TPSA) is 94.0 Å². The van der Waals surface area contributed by atoms with Crippen molar-refractivity contribution in [3.05, 3.63) is 23.9 Å². The number of nitrogens with two attached hydrogens (primary N) is 2. The summed E-state index contributed by atoms with van der Waals surface area (Å²) in [6.07, 6.45) is 5.99. The molecule has 0 unspecified atom stereocenters. The van der Waals surface area contributed by atoms with Gasteiger partial charge in [-0.3, -0.25) is 4.79 Å². The lowest BCUT2D eigenvalue weighted by Crippen LogP contribution is -2.48. The zero-order valence-corrected chi connectivity index (χ0v) is 11.4. The van der Waals surface area contributed by atoms with Crippen LogP contribution < -0.4 is 16.8 Å². The average molecular weight is 262 g/mol. The van der Waals surface area contributed by atoms with E-state index < -0.39 is 5.91 Å². The molecule has 2 rings (SSSR count). The second kappa shape index (κ2) is 5.57. The Hall–Kier alpha value is -1.62. The van der Waals surface area contributed by atoms with Gasteiger partial charge in [0.15, 0.2) is 0 Å². The number of primary amides is 1. The Balaban J connectivity index is 2.08. The summed E-state index contributed by atoms with van der Waals surface area (Å²) < 4.78 is 0. The van der Waals surface area contributed by atoms with Crippen LogP contribution in [0.2, 0.25) is 0 Å². The molecule has 0 spiro atoms. The molecule has 0 aliphatic heterocycles. The molecule has 104 valence electrons. The first-order valence-corrected chi connectivity index (χ1v) is 6.79. The van der Waals surface area contributed by atoms with Crippen molar-refractivity contribution in [3.63, 3.8) is 0 Å². The van der Waals surface area contributed by atoms with E-state index in [4.69, 9.17) is 11.5 Å². The van der Waals surface area contributed by atoms with Crippen LogP contribution in [0.15, 0.2) is 18.3 Å². The number of carbonyl (C=O) groups excluding carboxylic acids is 1. The fraction of sp³-hybridized carbons (Fsp3) is 0.571. The van der Waals surface area contributed by atoms with E-state index in [2.05, 4.69) is 17.2 Å². The molecular weight excluding hydrogens is 240 g/mol. The van der Waals surface area contributed by atoms with Crippen molar-refractivity contribution in [1.82, 2.24) is 4.98 Å². The molecular formula is C14H22N4O. The highest BCUT2D eigenvalue weighted by Crippen LogP contribution is 2.33. The van der Waals surface area contributed by atoms with Crippen LogP contribution in [0, 0.1) is 5.92 Å². The van der Waals surface area contributed by atoms with Gasteiger partial charge in [-0.15, -0.1) is 0 Å². The summed E-state index contributed by atoms with van der Waals surface area (Å²) in [7, 11) is 0. The minimum absolute atomic E-state index is 0.0618. The number of carbonyl (C=O) groups is 1. The number of nitrogens with one attached hydrogen (secondary N) is 1. The van der Waals surface area contributed by atoms with Gasteiger partial charge < -0.3 is 16.8 Å². The molecule has 5 N–H and O–H groups in total. The van der Waals surface area contributed by atoms with Crippen molar-refractivity contribution in [2.75, 3.05) is 11.9 Å². The minimum atomic E-state index is -0.459. The van der Waals surface area contributed by atoms with Crippen molar-refractivity contribution >= 4 is 11.7 Å². The van der Waals surface area contributed by atoms with Crippen molar-refractivity contribution in [2.24, 2.45) is 17.4 Å². The molecule has 1 aliphatic rings. The number of amides is 1. The number of nitrogens with zero attached hydrogens (tertiary/aromatic N) is 1. The Morgan fingerprint density at radius 1 is 1.47 bits per heavy atom. The van der Waals surface area contributed by atoms with Gasteiger partial charge in [0, 0.05) is 12.7 Å². The molecule has 1 aromatic heterocycles. The molecule has 1 heterocycles. The normalized spacial score (nSPS) is 26.9. The third kappa shape index (κ3) is 3.23. The predicted octanol–water partition coefficient (Wildman–Crippen LogP) is 1.50. The monoisotopic (exact) mass is 262 g/mol. The van der Waals surface area contributed by atoms with Crippen LogP contribution in [0.25, 0.3) is 0 Å². The molecule has 5 nitrogen and oxygen atoms in total. The second-order valence-electron chi connectivity index (χ2n) is 5.59. The standard InChI is InChI=1S/C14H22N4O/c1-10-4-6-14(9-15,7-5-10)18-12-3-2-11(8-17-12)13(16)19/h2-3,8,10H,4-7,9,15H2,1H3,(H2,16,19)(H,17,18). The molecule has 1 amide bonds. The van der Waals surface area contributed by atoms with Crippen LogP contribution in [0.3, 0.4) is 0 Å². The number of rotatable bonds is 4. The highest BCUT2D eigenvalue weighted by atomic mass is 16.1. The number of aromatic nitrogens is 1. The molecule has 1 aromatic rings. The number of pyridine rings is 1. The molecule has 0 atom stereocenters. The van der Waals surface area contributed by atoms with Gasteiger partial charge in [-0.05, 0) is 43.7 Å². The lowest BCUT2D eigenvalue weighted by Gasteiger charge is -2.39. The summed E-state index contributed by atoms with van der Waals surface area (Å²) in [6.45, 7) is 2.87. The van der Waals surface area contributed by atoms with Crippen LogP contribution in [-0.2, 0) is 0 Å². The Morgan fingerprint density at radius 2 is 2.16 bits per heavy atom. The average Bonchev–Trinajstić information content (AvgIpc) is 2.42. The Kier molecular flexibility index (Phi) is 4.04. The molecule has 1 aliphatic carbocycles. The minimum Gasteiger partial charge on any atom is -0.366 e. The number of hydrogen-bond donors (Lipinski definition) is 3. The van der Waals surface area contributed by atoms with Gasteiger partial charge in [0.1, 0.15) is 5.82 Å². The smallest absolute Gasteiger partial charge is 0.250 e. The van der Waals surface area contributed by atoms with E-state index in [0.717, 1.165) is 24.6 Å². The lowest BCUT2D eigenvalue weighted by atomic mass is 9.77. The first-order chi connectivity index (χ1) is 9.04. The summed E-state index contributed by atoms with van der Waals surface area (Å²) in [4.78, 5) is 15.2. The van der Waals surface area contributed by atoms with Crippen LogP contribution in [-0.4, -0.2) is 23.0 Å². The zero-order valence-electron chi connectivity index (χ0n) is 11.4. The van der Waals surface area contributed by atoms with E-state index in [1.54, 1.807) is 12.1 Å². The highest BCUT2D eigenvalue weighted by Gasteiger charge is 2.33. The molecule has 0 saturated heterocycles. The van der Waals surface area contributed by atoms with E-state index in [1.807, 2.05) is 0 Å². The van der Waals surface area contributed by atoms with Crippen LogP contribution >= 0.6 is 0 Å². The lowest BCUT2D eigenvalue weighted by molar-refractivity contribution is 0.1000. The molecule has 0 aromatic carbocycles. The van der Waals surface area contributed by atoms with Gasteiger partial charge in [0.2, 0.25) is 5.91 Å². The van der Waals surface area contributed by atoms with E-state index in [0.29, 0.717) is 12.1 Å². The van der Waals surface area contributed by atoms with E-state index in [1.165, 1.54) is 19.0 Å². The third-order valence-corrected chi connectivity index (χ3v) is 4.06. The summed E-state index contributed by atoms with van der Waals surface area (Å²) in [6, 6.07) is 3.48. The summed E-state index contributed by atoms with van der Waals surface area (Å²) in [5, 5.41) is 3.44. The number of hydrogen-bond acceptors (Lipinski definition) is 4. The third-order valence-electron chi connectivity index (χ3n) is 4.06. The molecule has 0 bridgehead atoms. The van der Waals surface area contributed by atoms with Crippen molar-refractivity contribution < 1.29 is 4.79 Å². The Morgan fingerprint density at radius 3 is 2.63 bits per heavy atom. The van der Waals surface area contributed by atoms with Crippen LogP contribution in [0.4, 0.5) is 5.82 Å². The van der Waals surface area contributed by atoms with Crippen molar-refractivity contribution in [2.45, 2.75) is 38.1 Å². The van der Waals surface area contributed by atoms with Gasteiger partial charge in [-0.1, -0.05) is 6.92 Å². The zero-order chi connectivity index (χ0) is 13.9. The Labute approximate surface area is 113 Å². The van der Waals surface area contributed by atoms with Crippen molar-refractivity contribution in [1.29, 1.82) is 0 Å². The predicted molar refractivity (Wildman–Crippen MR) is 75.8 cm³/mol. The maximum Gasteiger partial charge on any atom is 0.250 e. The maximum atomic E-state index is 11.0. The molecule has 19 heavy (non-hydrogen) atoms. The highest BCUT2D eigenvalue weighted by molar-refractivity contribution is 5.92. The first-order valence-electron chi connectivity index (χ1n) is 6.79. The van der Waals surface area contributed by atoms with E-state index in [-0.39, 0.29) is 5.54 Å². The van der Waals surface area contributed by atoms with Crippen molar-refractivity contribution in [3.8, 4) is 0 Å². The second-order valence-corrected chi connectivity index (χ2v) is 5.59. The number of anilines is 1. The fourth-order valence-electron chi connectivity index (χ4n) is 2.58. The maximum absolute atomic E-state index is 11.0. The summed E-state index contributed by atoms with van der Waals surface area (Å²) >= 11 is 0. The quantitative estimate of drug-likeness (QED) is 0.766. The summed E-state index contributed by atoms with van der Waals surface area (Å²) in [5.41, 5.74) is 11.5. The molecule has 1 saturated carbocycles. The van der Waals surface area contributed by atoms with Gasteiger partial charge in [-0.2, -0.15) is 0 Å². The van der Waals surface area contributed by atoms with E-state index in [9.17, 15) is 4.79 Å². The van der Waals surface area contributed by atoms with Gasteiger partial charge in [0.25, 0.3) is 0 Å². The van der Waals surface area contributed by atoms with Crippen LogP contribution in [0.5, 0.6) is 0 Å². The SMILES string of the molecule is CC1CCC(CN)(Nc2ccc(C(N)=O)cn2)CC1. The summed E-state index contributed by atoms with van der Waals surface area (Å²) in [5.74, 6) is 1.07. The van der Waals surface area contributed by atoms with Gasteiger partial charge in [-0.25, -0.2) is 4.98 Å². The largest absolute Gasteiger partial charge is 0.366 e. The molecule has 0 radical (unpaired) electrons. The first kappa shape index (κ1) is 13.8. The molecule has 5 heteroatoms. The molecule has 1 fully saturated rings. The Bertz CT molecular complexity index is 435. The fourth-order valence-corrected chi connectivity index (χ4v) is 2.58. The van der Waals surface area contributed by atoms with E-state index >= 15 is 0 Å². The van der Waals surface area contributed by atoms with Crippen LogP contribution in [0.1, 0.15) is 43.0 Å². The van der Waals surface area contributed by atoms with Gasteiger partial charge >= 0.3 is 0 Å².